The molecule has 19 heavy (non-hydrogen) atoms. The lowest BCUT2D eigenvalue weighted by Gasteiger charge is -2.35. The number of nitrogens with two attached hydrogens (primary N) is 1. The highest BCUT2D eigenvalue weighted by molar-refractivity contribution is 5.53. The van der Waals surface area contributed by atoms with Gasteiger partial charge in [0.1, 0.15) is 5.75 Å². The van der Waals surface area contributed by atoms with Crippen molar-refractivity contribution in [2.24, 2.45) is 0 Å². The molecule has 1 aliphatic heterocycles. The molecule has 1 aromatic rings. The first kappa shape index (κ1) is 14.2. The molecule has 3 N–H and O–H groups in total. The van der Waals surface area contributed by atoms with Crippen LogP contribution in [0.4, 0.5) is 5.69 Å². The zero-order chi connectivity index (χ0) is 13.7. The van der Waals surface area contributed by atoms with Crippen LogP contribution in [-0.4, -0.2) is 29.1 Å². The van der Waals surface area contributed by atoms with E-state index in [0.29, 0.717) is 5.69 Å². The van der Waals surface area contributed by atoms with Gasteiger partial charge in [-0.15, -0.1) is 0 Å². The number of likely N-dealkylation sites (tertiary alicyclic amines) is 1. The van der Waals surface area contributed by atoms with Crippen LogP contribution in [0.2, 0.25) is 0 Å². The van der Waals surface area contributed by atoms with E-state index < -0.39 is 0 Å². The Hall–Kier alpha value is -1.22. The number of benzene rings is 1. The van der Waals surface area contributed by atoms with Crippen LogP contribution < -0.4 is 5.73 Å². The minimum absolute atomic E-state index is 0.186. The van der Waals surface area contributed by atoms with E-state index in [1.807, 2.05) is 12.1 Å². The van der Waals surface area contributed by atoms with Gasteiger partial charge in [-0.2, -0.15) is 0 Å². The predicted molar refractivity (Wildman–Crippen MR) is 80.3 cm³/mol. The van der Waals surface area contributed by atoms with Crippen molar-refractivity contribution in [3.63, 3.8) is 0 Å². The van der Waals surface area contributed by atoms with Gasteiger partial charge >= 0.3 is 0 Å². The van der Waals surface area contributed by atoms with Gasteiger partial charge in [-0.1, -0.05) is 19.4 Å². The highest BCUT2D eigenvalue weighted by Gasteiger charge is 2.19. The molecule has 0 aliphatic carbocycles. The number of piperidine rings is 1. The molecule has 1 unspecified atom stereocenters. The monoisotopic (exact) mass is 262 g/mol. The van der Waals surface area contributed by atoms with Gasteiger partial charge in [0.2, 0.25) is 0 Å². The first-order valence-electron chi connectivity index (χ1n) is 7.52. The summed E-state index contributed by atoms with van der Waals surface area (Å²) >= 11 is 0. The number of hydrogen-bond donors (Lipinski definition) is 2. The number of aromatic hydroxyl groups is 1. The Bertz CT molecular complexity index is 406. The second-order valence-electron chi connectivity index (χ2n) is 5.59. The number of phenols is 1. The summed E-state index contributed by atoms with van der Waals surface area (Å²) in [5.74, 6) is 0.186. The van der Waals surface area contributed by atoms with Gasteiger partial charge in [0.25, 0.3) is 0 Å². The number of anilines is 1. The minimum Gasteiger partial charge on any atom is -0.506 e. The molecule has 1 atom stereocenters. The van der Waals surface area contributed by atoms with Crippen LogP contribution in [0, 0.1) is 0 Å². The molecule has 1 saturated heterocycles. The lowest BCUT2D eigenvalue weighted by Crippen LogP contribution is -2.39. The average molecular weight is 262 g/mol. The lowest BCUT2D eigenvalue weighted by molar-refractivity contribution is 0.142. The number of nitrogens with zero attached hydrogens (tertiary/aromatic N) is 1. The van der Waals surface area contributed by atoms with Crippen molar-refractivity contribution in [3.8, 4) is 5.75 Å². The molecule has 1 fully saturated rings. The number of nitrogen functional groups attached to an aromatic ring is 1. The molecular formula is C16H26N2O. The van der Waals surface area contributed by atoms with Gasteiger partial charge in [-0.05, 0) is 62.9 Å². The molecular weight excluding hydrogens is 236 g/mol. The van der Waals surface area contributed by atoms with Crippen molar-refractivity contribution in [2.75, 3.05) is 18.8 Å². The van der Waals surface area contributed by atoms with Gasteiger partial charge in [0, 0.05) is 6.04 Å². The van der Waals surface area contributed by atoms with Crippen molar-refractivity contribution < 1.29 is 5.11 Å². The summed E-state index contributed by atoms with van der Waals surface area (Å²) in [7, 11) is 0. The molecule has 1 aliphatic rings. The smallest absolute Gasteiger partial charge is 0.138 e. The van der Waals surface area contributed by atoms with Crippen molar-refractivity contribution in [1.29, 1.82) is 0 Å². The first-order valence-corrected chi connectivity index (χ1v) is 7.52. The minimum atomic E-state index is 0.186. The SMILES string of the molecule is CCC1CCCCN1CCCc1ccc(O)c(N)c1. The maximum absolute atomic E-state index is 9.41. The van der Waals surface area contributed by atoms with Crippen LogP contribution in [0.25, 0.3) is 0 Å². The van der Waals surface area contributed by atoms with Crippen molar-refractivity contribution in [2.45, 2.75) is 51.5 Å². The van der Waals surface area contributed by atoms with Crippen molar-refractivity contribution >= 4 is 5.69 Å². The quantitative estimate of drug-likeness (QED) is 0.633. The van der Waals surface area contributed by atoms with Gasteiger partial charge in [0.05, 0.1) is 5.69 Å². The largest absolute Gasteiger partial charge is 0.506 e. The van der Waals surface area contributed by atoms with Crippen LogP contribution >= 0.6 is 0 Å². The summed E-state index contributed by atoms with van der Waals surface area (Å²) in [6, 6.07) is 6.35. The molecule has 3 nitrogen and oxygen atoms in total. The average Bonchev–Trinajstić information content (AvgIpc) is 2.43. The Morgan fingerprint density at radius 1 is 1.37 bits per heavy atom. The van der Waals surface area contributed by atoms with Crippen molar-refractivity contribution in [3.05, 3.63) is 23.8 Å². The fraction of sp³-hybridized carbons (Fsp3) is 0.625. The molecule has 0 radical (unpaired) electrons. The molecule has 1 aromatic carbocycles. The van der Waals surface area contributed by atoms with E-state index in [2.05, 4.69) is 11.8 Å². The topological polar surface area (TPSA) is 49.5 Å². The summed E-state index contributed by atoms with van der Waals surface area (Å²) in [6.07, 6.45) is 7.58. The molecule has 0 saturated carbocycles. The standard InChI is InChI=1S/C16H26N2O/c1-2-14-7-3-4-10-18(14)11-5-6-13-8-9-16(19)15(17)12-13/h8-9,12,14,19H,2-7,10-11,17H2,1H3. The molecule has 0 aromatic heterocycles. The summed E-state index contributed by atoms with van der Waals surface area (Å²) < 4.78 is 0. The molecule has 3 heteroatoms. The molecule has 1 heterocycles. The van der Waals surface area contributed by atoms with Gasteiger partial charge in [0.15, 0.2) is 0 Å². The Balaban J connectivity index is 1.80. The fourth-order valence-electron chi connectivity index (χ4n) is 3.06. The third kappa shape index (κ3) is 3.87. The summed E-state index contributed by atoms with van der Waals surface area (Å²) in [5.41, 5.74) is 7.43. The number of rotatable bonds is 5. The Kier molecular flexibility index (Phi) is 5.08. The van der Waals surface area contributed by atoms with Crippen molar-refractivity contribution in [1.82, 2.24) is 4.90 Å². The van der Waals surface area contributed by atoms with E-state index in [0.717, 1.165) is 12.5 Å². The van der Waals surface area contributed by atoms with Crippen LogP contribution in [0.1, 0.15) is 44.6 Å². The Morgan fingerprint density at radius 3 is 2.95 bits per heavy atom. The van der Waals surface area contributed by atoms with E-state index in [1.54, 1.807) is 6.07 Å². The Labute approximate surface area is 116 Å². The molecule has 106 valence electrons. The summed E-state index contributed by atoms with van der Waals surface area (Å²) in [5, 5.41) is 9.41. The van der Waals surface area contributed by atoms with Crippen LogP contribution in [0.15, 0.2) is 18.2 Å². The maximum atomic E-state index is 9.41. The zero-order valence-corrected chi connectivity index (χ0v) is 11.9. The van der Waals surface area contributed by atoms with Crippen LogP contribution in [0.5, 0.6) is 5.75 Å². The van der Waals surface area contributed by atoms with Gasteiger partial charge < -0.3 is 15.7 Å². The molecule has 0 amide bonds. The summed E-state index contributed by atoms with van der Waals surface area (Å²) in [4.78, 5) is 2.65. The van der Waals surface area contributed by atoms with E-state index in [-0.39, 0.29) is 5.75 Å². The Morgan fingerprint density at radius 2 is 2.21 bits per heavy atom. The van der Waals surface area contributed by atoms with E-state index >= 15 is 0 Å². The summed E-state index contributed by atoms with van der Waals surface area (Å²) in [6.45, 7) is 4.74. The van der Waals surface area contributed by atoms with E-state index in [1.165, 1.54) is 50.8 Å². The lowest BCUT2D eigenvalue weighted by atomic mass is 9.99. The fourth-order valence-corrected chi connectivity index (χ4v) is 3.06. The normalized spacial score (nSPS) is 20.6. The second-order valence-corrected chi connectivity index (χ2v) is 5.59. The van der Waals surface area contributed by atoms with Crippen LogP contribution in [-0.2, 0) is 6.42 Å². The van der Waals surface area contributed by atoms with E-state index in [4.69, 9.17) is 5.73 Å². The highest BCUT2D eigenvalue weighted by Crippen LogP contribution is 2.22. The third-order valence-electron chi connectivity index (χ3n) is 4.22. The zero-order valence-electron chi connectivity index (χ0n) is 11.9. The highest BCUT2D eigenvalue weighted by atomic mass is 16.3. The molecule has 2 rings (SSSR count). The second kappa shape index (κ2) is 6.80. The molecule has 0 spiro atoms. The maximum Gasteiger partial charge on any atom is 0.138 e. The number of phenolic OH excluding ortho intramolecular Hbond substituents is 1. The molecule has 0 bridgehead atoms. The number of hydrogen-bond acceptors (Lipinski definition) is 3. The van der Waals surface area contributed by atoms with Gasteiger partial charge in [-0.3, -0.25) is 0 Å². The number of aryl methyl sites for hydroxylation is 1. The predicted octanol–water partition coefficient (Wildman–Crippen LogP) is 3.17. The van der Waals surface area contributed by atoms with E-state index in [9.17, 15) is 5.11 Å². The van der Waals surface area contributed by atoms with Crippen LogP contribution in [0.3, 0.4) is 0 Å². The van der Waals surface area contributed by atoms with Gasteiger partial charge in [-0.25, -0.2) is 0 Å². The third-order valence-corrected chi connectivity index (χ3v) is 4.22. The first-order chi connectivity index (χ1) is 9.20.